The van der Waals surface area contributed by atoms with Gasteiger partial charge in [-0.05, 0) is 91.8 Å². The summed E-state index contributed by atoms with van der Waals surface area (Å²) >= 11 is 6.55. The molecule has 0 aliphatic rings. The van der Waals surface area contributed by atoms with Gasteiger partial charge in [-0.2, -0.15) is 8.80 Å². The normalized spacial score (nSPS) is 14.8. The van der Waals surface area contributed by atoms with Crippen molar-refractivity contribution in [2.24, 2.45) is 8.80 Å². The molecule has 0 saturated carbocycles. The minimum atomic E-state index is -1.38. The van der Waals surface area contributed by atoms with Crippen LogP contribution in [0, 0.1) is 11.6 Å². The van der Waals surface area contributed by atoms with Gasteiger partial charge in [-0.1, -0.05) is 31.9 Å². The molecule has 0 amide bonds. The van der Waals surface area contributed by atoms with Crippen LogP contribution in [0.25, 0.3) is 0 Å². The number of benzene rings is 2. The first-order chi connectivity index (χ1) is 15.4. The van der Waals surface area contributed by atoms with Crippen molar-refractivity contribution in [2.45, 2.75) is 64.9 Å². The summed E-state index contributed by atoms with van der Waals surface area (Å²) in [6.45, 7) is 14.3. The number of halogens is 4. The third-order valence-corrected chi connectivity index (χ3v) is 8.09. The van der Waals surface area contributed by atoms with E-state index in [1.54, 1.807) is 38.1 Å². The van der Waals surface area contributed by atoms with Crippen LogP contribution in [0.4, 0.5) is 8.78 Å². The topological polar surface area (TPSA) is 58.9 Å². The molecule has 0 bridgehead atoms. The summed E-state index contributed by atoms with van der Waals surface area (Å²) in [6, 6.07) is 9.22. The molecule has 0 saturated heterocycles. The van der Waals surface area contributed by atoms with Gasteiger partial charge in [0.25, 0.3) is 0 Å². The summed E-state index contributed by atoms with van der Waals surface area (Å²) in [6.07, 6.45) is 0. The fourth-order valence-corrected chi connectivity index (χ4v) is 4.13. The highest BCUT2D eigenvalue weighted by Crippen LogP contribution is 2.20. The van der Waals surface area contributed by atoms with Gasteiger partial charge in [0.1, 0.15) is 33.6 Å². The molecule has 0 spiro atoms. The van der Waals surface area contributed by atoms with E-state index in [1.165, 1.54) is 12.1 Å². The maximum absolute atomic E-state index is 13.6. The van der Waals surface area contributed by atoms with Gasteiger partial charge in [0, 0.05) is 20.1 Å². The van der Waals surface area contributed by atoms with Crippen LogP contribution in [0.5, 0.6) is 0 Å². The summed E-state index contributed by atoms with van der Waals surface area (Å²) in [7, 11) is -2.75. The third kappa shape index (κ3) is 9.87. The summed E-state index contributed by atoms with van der Waals surface area (Å²) in [5, 5.41) is 0. The Morgan fingerprint density at radius 1 is 0.706 bits per heavy atom. The van der Waals surface area contributed by atoms with Crippen molar-refractivity contribution in [3.05, 3.63) is 68.1 Å². The monoisotopic (exact) mass is 638 g/mol. The molecule has 2 rings (SSSR count). The Bertz CT molecular complexity index is 1050. The van der Waals surface area contributed by atoms with E-state index < -0.39 is 31.5 Å². The first-order valence-electron chi connectivity index (χ1n) is 10.3. The van der Waals surface area contributed by atoms with E-state index in [-0.39, 0.29) is 11.6 Å². The Kier molecular flexibility index (Phi) is 11.6. The molecule has 2 aromatic carbocycles. The Morgan fingerprint density at radius 2 is 1.00 bits per heavy atom. The molecule has 188 valence electrons. The Balaban J connectivity index is 0.000000340. The van der Waals surface area contributed by atoms with Crippen molar-refractivity contribution in [2.75, 3.05) is 0 Å². The van der Waals surface area contributed by atoms with Crippen molar-refractivity contribution >= 4 is 65.3 Å². The van der Waals surface area contributed by atoms with Crippen LogP contribution >= 0.6 is 31.9 Å². The SMILES string of the molecule is CC(=N[S@@](=O)C(C)(C)C)c1cc(Br)ccc1F.CC(=N[S@@](=O)C(C)(C)C)c1cc(Br)ccc1F. The Hall–Kier alpha value is -1.10. The quantitative estimate of drug-likeness (QED) is 0.322. The lowest BCUT2D eigenvalue weighted by atomic mass is 10.1. The maximum Gasteiger partial charge on any atom is 0.145 e. The minimum absolute atomic E-state index is 0.361. The van der Waals surface area contributed by atoms with Crippen molar-refractivity contribution in [3.63, 3.8) is 0 Å². The van der Waals surface area contributed by atoms with Gasteiger partial charge in [-0.25, -0.2) is 17.2 Å². The highest BCUT2D eigenvalue weighted by Gasteiger charge is 2.21. The molecular formula is C24H30Br2F2N2O2S2. The van der Waals surface area contributed by atoms with Gasteiger partial charge in [0.05, 0.1) is 20.9 Å². The molecule has 2 aromatic rings. The average molecular weight is 640 g/mol. The number of rotatable bonds is 4. The molecule has 0 radical (unpaired) electrons. The standard InChI is InChI=1S/2C12H15BrFNOS/c2*1-8(15-17(16)12(2,3)4)10-7-9(13)5-6-11(10)14/h2*5-7H,1-4H3/t2*17-/m00/s1. The fourth-order valence-electron chi connectivity index (χ4n) is 2.17. The van der Waals surface area contributed by atoms with Crippen molar-refractivity contribution < 1.29 is 17.2 Å². The molecule has 0 aliphatic carbocycles. The van der Waals surface area contributed by atoms with E-state index in [0.717, 1.165) is 8.95 Å². The molecule has 0 aliphatic heterocycles. The van der Waals surface area contributed by atoms with Gasteiger partial charge < -0.3 is 0 Å². The van der Waals surface area contributed by atoms with Crippen LogP contribution in [0.3, 0.4) is 0 Å². The molecular weight excluding hydrogens is 610 g/mol. The summed E-state index contributed by atoms with van der Waals surface area (Å²) < 4.78 is 59.6. The van der Waals surface area contributed by atoms with Crippen LogP contribution in [-0.2, 0) is 22.0 Å². The summed E-state index contributed by atoms with van der Waals surface area (Å²) in [4.78, 5) is 0. The van der Waals surface area contributed by atoms with E-state index in [0.29, 0.717) is 22.6 Å². The second-order valence-corrected chi connectivity index (χ2v) is 15.0. The van der Waals surface area contributed by atoms with E-state index >= 15 is 0 Å². The van der Waals surface area contributed by atoms with Gasteiger partial charge in [0.15, 0.2) is 0 Å². The van der Waals surface area contributed by atoms with Gasteiger partial charge in [-0.15, -0.1) is 0 Å². The van der Waals surface area contributed by atoms with Gasteiger partial charge in [-0.3, -0.25) is 0 Å². The lowest BCUT2D eigenvalue weighted by Gasteiger charge is -2.14. The Labute approximate surface area is 223 Å². The molecule has 4 nitrogen and oxygen atoms in total. The molecule has 0 N–H and O–H groups in total. The smallest absolute Gasteiger partial charge is 0.145 e. The van der Waals surface area contributed by atoms with E-state index in [1.807, 2.05) is 41.5 Å². The van der Waals surface area contributed by atoms with Gasteiger partial charge in [0.2, 0.25) is 0 Å². The number of hydrogen-bond donors (Lipinski definition) is 0. The maximum atomic E-state index is 13.6. The molecule has 0 unspecified atom stereocenters. The minimum Gasteiger partial charge on any atom is -0.234 e. The highest BCUT2D eigenvalue weighted by atomic mass is 79.9. The highest BCUT2D eigenvalue weighted by molar-refractivity contribution is 9.10. The zero-order valence-electron chi connectivity index (χ0n) is 20.5. The van der Waals surface area contributed by atoms with Crippen LogP contribution in [-0.4, -0.2) is 29.3 Å². The molecule has 0 heterocycles. The summed E-state index contributed by atoms with van der Waals surface area (Å²) in [5.74, 6) is -0.722. The predicted molar refractivity (Wildman–Crippen MR) is 148 cm³/mol. The first-order valence-corrected chi connectivity index (χ1v) is 14.1. The van der Waals surface area contributed by atoms with Crippen molar-refractivity contribution in [1.29, 1.82) is 0 Å². The second kappa shape index (κ2) is 12.7. The zero-order chi connectivity index (χ0) is 26.4. The van der Waals surface area contributed by atoms with Crippen molar-refractivity contribution in [3.8, 4) is 0 Å². The zero-order valence-corrected chi connectivity index (χ0v) is 25.3. The molecule has 10 heteroatoms. The molecule has 0 fully saturated rings. The predicted octanol–water partition coefficient (Wildman–Crippen LogP) is 7.72. The second-order valence-electron chi connectivity index (χ2n) is 9.32. The van der Waals surface area contributed by atoms with Crippen LogP contribution in [0.2, 0.25) is 0 Å². The van der Waals surface area contributed by atoms with Crippen LogP contribution in [0.1, 0.15) is 66.5 Å². The molecule has 34 heavy (non-hydrogen) atoms. The average Bonchev–Trinajstić information content (AvgIpc) is 2.70. The Morgan fingerprint density at radius 3 is 1.26 bits per heavy atom. The van der Waals surface area contributed by atoms with Crippen LogP contribution < -0.4 is 0 Å². The van der Waals surface area contributed by atoms with Crippen molar-refractivity contribution in [1.82, 2.24) is 0 Å². The van der Waals surface area contributed by atoms with E-state index in [4.69, 9.17) is 0 Å². The third-order valence-electron chi connectivity index (χ3n) is 4.12. The van der Waals surface area contributed by atoms with E-state index in [9.17, 15) is 17.2 Å². The first kappa shape index (κ1) is 30.9. The van der Waals surface area contributed by atoms with Gasteiger partial charge >= 0.3 is 0 Å². The fraction of sp³-hybridized carbons (Fsp3) is 0.417. The van der Waals surface area contributed by atoms with E-state index in [2.05, 4.69) is 40.7 Å². The largest absolute Gasteiger partial charge is 0.234 e. The number of hydrogen-bond acceptors (Lipinski definition) is 2. The lowest BCUT2D eigenvalue weighted by Crippen LogP contribution is -2.20. The molecule has 0 aromatic heterocycles. The lowest BCUT2D eigenvalue weighted by molar-refractivity contribution is 0.624. The molecule has 2 atom stereocenters. The number of nitrogens with zero attached hydrogens (tertiary/aromatic N) is 2. The van der Waals surface area contributed by atoms with Crippen LogP contribution in [0.15, 0.2) is 54.1 Å². The summed E-state index contributed by atoms with van der Waals surface area (Å²) in [5.41, 5.74) is 1.63.